The quantitative estimate of drug-likeness (QED) is 0.295. The van der Waals surface area contributed by atoms with E-state index in [9.17, 15) is 0 Å². The van der Waals surface area contributed by atoms with Crippen LogP contribution in [0.3, 0.4) is 0 Å². The van der Waals surface area contributed by atoms with Crippen LogP contribution in [0, 0.1) is 0 Å². The van der Waals surface area contributed by atoms with E-state index in [4.69, 9.17) is 44.3 Å². The van der Waals surface area contributed by atoms with Crippen molar-refractivity contribution in [2.24, 2.45) is 0 Å². The van der Waals surface area contributed by atoms with E-state index in [1.54, 1.807) is 13.2 Å². The molecule has 0 spiro atoms. The first kappa shape index (κ1) is 21.6. The number of benzene rings is 4. The van der Waals surface area contributed by atoms with Crippen LogP contribution in [0.2, 0.25) is 15.1 Å². The van der Waals surface area contributed by atoms with Gasteiger partial charge in [-0.3, -0.25) is 0 Å². The molecule has 158 valence electrons. The average molecular weight is 473 g/mol. The van der Waals surface area contributed by atoms with Crippen LogP contribution in [0.4, 0.5) is 5.69 Å². The summed E-state index contributed by atoms with van der Waals surface area (Å²) >= 11 is 18.4. The van der Waals surface area contributed by atoms with E-state index in [0.29, 0.717) is 34.0 Å². The molecule has 0 bridgehead atoms. The Morgan fingerprint density at radius 2 is 1.58 bits per heavy atom. The van der Waals surface area contributed by atoms with E-state index in [-0.39, 0.29) is 0 Å². The summed E-state index contributed by atoms with van der Waals surface area (Å²) in [5.74, 6) is 1.44. The normalized spacial score (nSPS) is 10.8. The van der Waals surface area contributed by atoms with E-state index in [1.807, 2.05) is 48.5 Å². The number of hydrogen-bond donors (Lipinski definition) is 1. The molecule has 0 aromatic heterocycles. The van der Waals surface area contributed by atoms with Crippen LogP contribution >= 0.6 is 34.8 Å². The van der Waals surface area contributed by atoms with Crippen LogP contribution in [0.15, 0.2) is 72.8 Å². The Bertz CT molecular complexity index is 1230. The third-order valence-electron chi connectivity index (χ3n) is 5.00. The topological polar surface area (TPSA) is 30.5 Å². The number of rotatable bonds is 7. The first-order valence-corrected chi connectivity index (χ1v) is 10.8. The first-order valence-electron chi connectivity index (χ1n) is 9.70. The second kappa shape index (κ2) is 9.69. The van der Waals surface area contributed by atoms with Crippen molar-refractivity contribution in [3.8, 4) is 11.5 Å². The monoisotopic (exact) mass is 471 g/mol. The van der Waals surface area contributed by atoms with Crippen LogP contribution in [-0.2, 0) is 13.2 Å². The molecular weight excluding hydrogens is 453 g/mol. The summed E-state index contributed by atoms with van der Waals surface area (Å²) < 4.78 is 11.4. The summed E-state index contributed by atoms with van der Waals surface area (Å²) in [5, 5.41) is 7.31. The van der Waals surface area contributed by atoms with Gasteiger partial charge in [0.2, 0.25) is 0 Å². The summed E-state index contributed by atoms with van der Waals surface area (Å²) in [6, 6.07) is 23.4. The lowest BCUT2D eigenvalue weighted by molar-refractivity contribution is 0.304. The highest BCUT2D eigenvalue weighted by Crippen LogP contribution is 2.32. The summed E-state index contributed by atoms with van der Waals surface area (Å²) in [6.07, 6.45) is 0. The maximum atomic E-state index is 6.27. The van der Waals surface area contributed by atoms with Gasteiger partial charge in [0.05, 0.1) is 22.2 Å². The van der Waals surface area contributed by atoms with Gasteiger partial charge in [0, 0.05) is 17.8 Å². The molecule has 31 heavy (non-hydrogen) atoms. The molecule has 0 aliphatic carbocycles. The fourth-order valence-corrected chi connectivity index (χ4v) is 3.97. The van der Waals surface area contributed by atoms with Gasteiger partial charge < -0.3 is 14.8 Å². The second-order valence-electron chi connectivity index (χ2n) is 7.00. The molecule has 0 saturated heterocycles. The average Bonchev–Trinajstić information content (AvgIpc) is 2.78. The van der Waals surface area contributed by atoms with Gasteiger partial charge in [-0.2, -0.15) is 0 Å². The molecule has 0 fully saturated rings. The molecule has 0 aliphatic heterocycles. The third kappa shape index (κ3) is 5.01. The van der Waals surface area contributed by atoms with Crippen LogP contribution < -0.4 is 14.8 Å². The van der Waals surface area contributed by atoms with Crippen LogP contribution in [0.1, 0.15) is 11.1 Å². The van der Waals surface area contributed by atoms with E-state index in [1.165, 1.54) is 0 Å². The van der Waals surface area contributed by atoms with Crippen LogP contribution in [0.25, 0.3) is 10.8 Å². The Labute approximate surface area is 196 Å². The lowest BCUT2D eigenvalue weighted by Gasteiger charge is -2.16. The third-order valence-corrected chi connectivity index (χ3v) is 6.03. The zero-order chi connectivity index (χ0) is 21.8. The number of halogens is 3. The molecule has 0 unspecified atom stereocenters. The molecule has 4 aromatic carbocycles. The predicted octanol–water partition coefficient (Wildman–Crippen LogP) is 8.00. The van der Waals surface area contributed by atoms with Crippen molar-refractivity contribution >= 4 is 51.3 Å². The largest absolute Gasteiger partial charge is 0.495 e. The Morgan fingerprint density at radius 1 is 0.774 bits per heavy atom. The first-order chi connectivity index (χ1) is 15.0. The van der Waals surface area contributed by atoms with Gasteiger partial charge in [0.15, 0.2) is 0 Å². The standard InChI is InChI=1S/C25H20Cl3NO2/c1-30-25-11-8-18(13-23(25)28)29-14-20-19-5-3-2-4-17(19)7-10-24(20)31-15-16-6-9-21(26)22(27)12-16/h2-13,29H,14-15H2,1H3. The van der Waals surface area contributed by atoms with Crippen LogP contribution in [-0.4, -0.2) is 7.11 Å². The molecule has 1 N–H and O–H groups in total. The van der Waals surface area contributed by atoms with Gasteiger partial charge in [-0.05, 0) is 52.7 Å². The van der Waals surface area contributed by atoms with Gasteiger partial charge in [-0.15, -0.1) is 0 Å². The molecule has 0 heterocycles. The zero-order valence-corrected chi connectivity index (χ0v) is 19.1. The van der Waals surface area contributed by atoms with E-state index in [0.717, 1.165) is 33.3 Å². The molecule has 4 rings (SSSR count). The predicted molar refractivity (Wildman–Crippen MR) is 130 cm³/mol. The minimum absolute atomic E-state index is 0.386. The number of ether oxygens (including phenoxy) is 2. The van der Waals surface area contributed by atoms with Gasteiger partial charge in [-0.25, -0.2) is 0 Å². The number of methoxy groups -OCH3 is 1. The van der Waals surface area contributed by atoms with Crippen molar-refractivity contribution in [1.29, 1.82) is 0 Å². The van der Waals surface area contributed by atoms with Crippen molar-refractivity contribution in [1.82, 2.24) is 0 Å². The lowest BCUT2D eigenvalue weighted by Crippen LogP contribution is -2.05. The number of nitrogens with one attached hydrogen (secondary N) is 1. The minimum Gasteiger partial charge on any atom is -0.495 e. The highest BCUT2D eigenvalue weighted by Gasteiger charge is 2.11. The van der Waals surface area contributed by atoms with Gasteiger partial charge in [-0.1, -0.05) is 71.2 Å². The van der Waals surface area contributed by atoms with Gasteiger partial charge in [0.25, 0.3) is 0 Å². The number of fused-ring (bicyclic) bond motifs is 1. The summed E-state index contributed by atoms with van der Waals surface area (Å²) in [7, 11) is 1.60. The Morgan fingerprint density at radius 3 is 2.35 bits per heavy atom. The smallest absolute Gasteiger partial charge is 0.137 e. The molecule has 0 atom stereocenters. The van der Waals surface area contributed by atoms with E-state index >= 15 is 0 Å². The highest BCUT2D eigenvalue weighted by molar-refractivity contribution is 6.42. The Balaban J connectivity index is 1.60. The summed E-state index contributed by atoms with van der Waals surface area (Å²) in [5.41, 5.74) is 2.91. The Kier molecular flexibility index (Phi) is 6.77. The molecule has 3 nitrogen and oxygen atoms in total. The lowest BCUT2D eigenvalue weighted by atomic mass is 10.0. The van der Waals surface area contributed by atoms with Crippen molar-refractivity contribution in [2.75, 3.05) is 12.4 Å². The highest BCUT2D eigenvalue weighted by atomic mass is 35.5. The van der Waals surface area contributed by atoms with Crippen molar-refractivity contribution in [3.05, 3.63) is 99.0 Å². The molecule has 0 amide bonds. The molecule has 4 aromatic rings. The fraction of sp³-hybridized carbons (Fsp3) is 0.120. The SMILES string of the molecule is COc1ccc(NCc2c(OCc3ccc(Cl)c(Cl)c3)ccc3ccccc23)cc1Cl. The second-order valence-corrected chi connectivity index (χ2v) is 8.23. The van der Waals surface area contributed by atoms with E-state index < -0.39 is 0 Å². The van der Waals surface area contributed by atoms with Gasteiger partial charge >= 0.3 is 0 Å². The summed E-state index contributed by atoms with van der Waals surface area (Å²) in [4.78, 5) is 0. The minimum atomic E-state index is 0.386. The maximum absolute atomic E-state index is 6.27. The molecular formula is C25H20Cl3NO2. The van der Waals surface area contributed by atoms with Crippen molar-refractivity contribution < 1.29 is 9.47 Å². The summed E-state index contributed by atoms with van der Waals surface area (Å²) in [6.45, 7) is 0.956. The van der Waals surface area contributed by atoms with E-state index in [2.05, 4.69) is 23.5 Å². The number of hydrogen-bond acceptors (Lipinski definition) is 3. The van der Waals surface area contributed by atoms with Crippen molar-refractivity contribution in [3.63, 3.8) is 0 Å². The molecule has 6 heteroatoms. The van der Waals surface area contributed by atoms with Crippen molar-refractivity contribution in [2.45, 2.75) is 13.2 Å². The maximum Gasteiger partial charge on any atom is 0.137 e. The zero-order valence-electron chi connectivity index (χ0n) is 16.8. The van der Waals surface area contributed by atoms with Gasteiger partial charge in [0.1, 0.15) is 18.1 Å². The van der Waals surface area contributed by atoms with Crippen LogP contribution in [0.5, 0.6) is 11.5 Å². The molecule has 0 aliphatic rings. The fourth-order valence-electron chi connectivity index (χ4n) is 3.39. The Hall–Kier alpha value is -2.59. The molecule has 0 saturated carbocycles. The molecule has 0 radical (unpaired) electrons. The number of anilines is 1.